The second-order valence-electron chi connectivity index (χ2n) is 10.1. The van der Waals surface area contributed by atoms with E-state index in [2.05, 4.69) is 15.9 Å². The van der Waals surface area contributed by atoms with E-state index in [-0.39, 0.29) is 17.6 Å². The van der Waals surface area contributed by atoms with Crippen molar-refractivity contribution in [1.29, 1.82) is 0 Å². The number of methoxy groups -OCH3 is 1. The highest BCUT2D eigenvalue weighted by Gasteiger charge is 2.64. The van der Waals surface area contributed by atoms with Crippen molar-refractivity contribution in [2.45, 2.75) is 12.1 Å². The van der Waals surface area contributed by atoms with E-state index in [4.69, 9.17) is 4.74 Å². The molecular weight excluding hydrogens is 556 g/mol. The third-order valence-corrected chi connectivity index (χ3v) is 8.73. The van der Waals surface area contributed by atoms with E-state index in [9.17, 15) is 14.4 Å². The van der Waals surface area contributed by atoms with E-state index in [1.165, 1.54) is 4.90 Å². The number of Topliss-reactive ketones (excluding diaryl/α,β-unsaturated/α-hetero) is 1. The molecule has 0 radical (unpaired) electrons. The number of amides is 2. The monoisotopic (exact) mass is 578 g/mol. The summed E-state index contributed by atoms with van der Waals surface area (Å²) >= 11 is 3.49. The third-order valence-electron chi connectivity index (χ3n) is 8.11. The molecule has 2 saturated heterocycles. The maximum Gasteiger partial charge on any atom is 0.240 e. The number of halogens is 1. The molecule has 0 N–H and O–H groups in total. The van der Waals surface area contributed by atoms with Crippen LogP contribution in [0.5, 0.6) is 5.75 Å². The summed E-state index contributed by atoms with van der Waals surface area (Å²) in [6, 6.07) is 25.1. The molecule has 0 saturated carbocycles. The minimum atomic E-state index is -0.840. The number of carbonyl (C=O) groups excluding carboxylic acids is 3. The lowest BCUT2D eigenvalue weighted by Gasteiger charge is -2.36. The lowest BCUT2D eigenvalue weighted by Crippen LogP contribution is -2.48. The van der Waals surface area contributed by atoms with E-state index in [0.29, 0.717) is 21.5 Å². The SMILES string of the molecule is COc1ccc(C(=O)[C@@H]2[C@@H]3C(=O)N(c4ccc5ccccc5c4)C(=O)[C@@H]3[C@H]3C=Cc4ccccc4N32)cc1Br. The fourth-order valence-electron chi connectivity index (χ4n) is 6.37. The molecule has 3 aliphatic rings. The number of anilines is 2. The summed E-state index contributed by atoms with van der Waals surface area (Å²) in [6.45, 7) is 0. The molecule has 0 unspecified atom stereocenters. The Bertz CT molecular complexity index is 1730. The molecule has 0 aromatic heterocycles. The number of hydrogen-bond donors (Lipinski definition) is 0. The lowest BCUT2D eigenvalue weighted by atomic mass is 9.86. The van der Waals surface area contributed by atoms with Gasteiger partial charge in [0.15, 0.2) is 5.78 Å². The predicted molar refractivity (Wildman–Crippen MR) is 154 cm³/mol. The number of benzene rings is 4. The van der Waals surface area contributed by atoms with Gasteiger partial charge in [0.25, 0.3) is 0 Å². The van der Waals surface area contributed by atoms with Crippen molar-refractivity contribution in [3.05, 3.63) is 107 Å². The van der Waals surface area contributed by atoms with Gasteiger partial charge in [-0.3, -0.25) is 14.4 Å². The number of fused-ring (bicyclic) bond motifs is 6. The number of hydrogen-bond acceptors (Lipinski definition) is 5. The summed E-state index contributed by atoms with van der Waals surface area (Å²) in [5, 5.41) is 1.97. The zero-order chi connectivity index (χ0) is 26.8. The van der Waals surface area contributed by atoms with Gasteiger partial charge in [-0.15, -0.1) is 0 Å². The van der Waals surface area contributed by atoms with Gasteiger partial charge in [0.2, 0.25) is 11.8 Å². The van der Waals surface area contributed by atoms with Gasteiger partial charge < -0.3 is 9.64 Å². The molecule has 3 heterocycles. The van der Waals surface area contributed by atoms with Gasteiger partial charge in [0, 0.05) is 11.3 Å². The molecule has 39 heavy (non-hydrogen) atoms. The summed E-state index contributed by atoms with van der Waals surface area (Å²) in [5.74, 6) is -1.71. The smallest absolute Gasteiger partial charge is 0.240 e. The van der Waals surface area contributed by atoms with Crippen LogP contribution in [0.4, 0.5) is 11.4 Å². The van der Waals surface area contributed by atoms with Crippen LogP contribution in [0.2, 0.25) is 0 Å². The maximum absolute atomic E-state index is 14.3. The topological polar surface area (TPSA) is 66.9 Å². The molecule has 6 nitrogen and oxygen atoms in total. The van der Waals surface area contributed by atoms with E-state index in [0.717, 1.165) is 22.0 Å². The molecule has 4 aromatic carbocycles. The van der Waals surface area contributed by atoms with Gasteiger partial charge >= 0.3 is 0 Å². The Balaban J connectivity index is 1.36. The quantitative estimate of drug-likeness (QED) is 0.223. The zero-order valence-corrected chi connectivity index (χ0v) is 22.5. The Kier molecular flexibility index (Phi) is 5.45. The predicted octanol–water partition coefficient (Wildman–Crippen LogP) is 5.88. The summed E-state index contributed by atoms with van der Waals surface area (Å²) in [6.07, 6.45) is 3.95. The van der Waals surface area contributed by atoms with Crippen molar-refractivity contribution < 1.29 is 19.1 Å². The molecule has 2 amide bonds. The average molecular weight is 579 g/mol. The van der Waals surface area contributed by atoms with Crippen LogP contribution >= 0.6 is 15.9 Å². The highest BCUT2D eigenvalue weighted by molar-refractivity contribution is 9.10. The first kappa shape index (κ1) is 23.9. The first-order valence-electron chi connectivity index (χ1n) is 12.8. The Morgan fingerprint density at radius 1 is 0.846 bits per heavy atom. The van der Waals surface area contributed by atoms with Crippen LogP contribution in [-0.4, -0.2) is 36.8 Å². The van der Waals surface area contributed by atoms with Crippen LogP contribution in [-0.2, 0) is 9.59 Å². The second kappa shape index (κ2) is 8.92. The molecule has 2 fully saturated rings. The molecule has 7 rings (SSSR count). The van der Waals surface area contributed by atoms with Gasteiger partial charge in [-0.2, -0.15) is 0 Å². The fourth-order valence-corrected chi connectivity index (χ4v) is 6.91. The van der Waals surface area contributed by atoms with Crippen LogP contribution < -0.4 is 14.5 Å². The number of para-hydroxylation sites is 1. The number of ketones is 1. The molecule has 3 aliphatic heterocycles. The molecular formula is C32H23BrN2O4. The fraction of sp³-hybridized carbons (Fsp3) is 0.156. The van der Waals surface area contributed by atoms with Crippen LogP contribution in [0.25, 0.3) is 16.8 Å². The summed E-state index contributed by atoms with van der Waals surface area (Å²) in [5.41, 5.74) is 2.78. The van der Waals surface area contributed by atoms with Crippen molar-refractivity contribution in [2.75, 3.05) is 16.9 Å². The van der Waals surface area contributed by atoms with Gasteiger partial charge in [-0.1, -0.05) is 60.7 Å². The number of nitrogens with zero attached hydrogens (tertiary/aromatic N) is 2. The first-order chi connectivity index (χ1) is 19.0. The number of carbonyl (C=O) groups is 3. The molecule has 0 spiro atoms. The Hall–Kier alpha value is -4.23. The van der Waals surface area contributed by atoms with Gasteiger partial charge in [0.05, 0.1) is 35.1 Å². The summed E-state index contributed by atoms with van der Waals surface area (Å²) in [4.78, 5) is 45.8. The molecule has 0 bridgehead atoms. The molecule has 7 heteroatoms. The number of imide groups is 1. The second-order valence-corrected chi connectivity index (χ2v) is 10.9. The zero-order valence-electron chi connectivity index (χ0n) is 21.0. The molecule has 4 atom stereocenters. The van der Waals surface area contributed by atoms with Crippen molar-refractivity contribution in [2.24, 2.45) is 11.8 Å². The summed E-state index contributed by atoms with van der Waals surface area (Å²) < 4.78 is 5.99. The minimum absolute atomic E-state index is 0.206. The van der Waals surface area contributed by atoms with Gasteiger partial charge in [-0.25, -0.2) is 4.90 Å². The molecule has 0 aliphatic carbocycles. The Morgan fingerprint density at radius 3 is 2.38 bits per heavy atom. The highest BCUT2D eigenvalue weighted by Crippen LogP contribution is 2.50. The number of rotatable bonds is 4. The standard InChI is InChI=1S/C32H23BrN2O4/c1-39-26-15-12-21(17-23(26)33)30(36)29-28-27(25-14-11-19-7-4-5-9-24(19)35(25)29)31(37)34(32(28)38)22-13-10-18-6-2-3-8-20(18)16-22/h2-17,25,27-29H,1H3/t25-,27-,28-,29+/m1/s1. The molecule has 192 valence electrons. The Morgan fingerprint density at radius 2 is 1.59 bits per heavy atom. The van der Waals surface area contributed by atoms with Crippen LogP contribution in [0.15, 0.2) is 95.5 Å². The number of ether oxygens (including phenoxy) is 1. The Labute approximate surface area is 233 Å². The van der Waals surface area contributed by atoms with Crippen molar-refractivity contribution in [3.8, 4) is 5.75 Å². The van der Waals surface area contributed by atoms with Gasteiger partial charge in [0.1, 0.15) is 11.8 Å². The third kappa shape index (κ3) is 3.49. The first-order valence-corrected chi connectivity index (χ1v) is 13.6. The molecule has 4 aromatic rings. The summed E-state index contributed by atoms with van der Waals surface area (Å²) in [7, 11) is 1.56. The van der Waals surface area contributed by atoms with Crippen molar-refractivity contribution in [3.63, 3.8) is 0 Å². The minimum Gasteiger partial charge on any atom is -0.496 e. The largest absolute Gasteiger partial charge is 0.496 e. The average Bonchev–Trinajstić information content (AvgIpc) is 3.44. The lowest BCUT2D eigenvalue weighted by molar-refractivity contribution is -0.122. The maximum atomic E-state index is 14.3. The van der Waals surface area contributed by atoms with Crippen LogP contribution in [0.3, 0.4) is 0 Å². The van der Waals surface area contributed by atoms with E-state index in [1.807, 2.05) is 77.7 Å². The normalized spacial score (nSPS) is 23.1. The van der Waals surface area contributed by atoms with Gasteiger partial charge in [-0.05, 0) is 68.7 Å². The van der Waals surface area contributed by atoms with E-state index in [1.54, 1.807) is 31.4 Å². The highest BCUT2D eigenvalue weighted by atomic mass is 79.9. The van der Waals surface area contributed by atoms with Crippen molar-refractivity contribution in [1.82, 2.24) is 0 Å². The van der Waals surface area contributed by atoms with Crippen LogP contribution in [0, 0.1) is 11.8 Å². The van der Waals surface area contributed by atoms with Crippen molar-refractivity contribution >= 4 is 61.8 Å². The van der Waals surface area contributed by atoms with E-state index < -0.39 is 23.9 Å². The van der Waals surface area contributed by atoms with Crippen LogP contribution in [0.1, 0.15) is 15.9 Å². The van der Waals surface area contributed by atoms with E-state index >= 15 is 0 Å².